The number of pyridine rings is 1. The number of hydrazine groups is 1. The highest BCUT2D eigenvalue weighted by Crippen LogP contribution is 2.14. The zero-order chi connectivity index (χ0) is 15.2. The van der Waals surface area contributed by atoms with Crippen molar-refractivity contribution in [2.45, 2.75) is 13.0 Å². The second kappa shape index (κ2) is 7.56. The summed E-state index contributed by atoms with van der Waals surface area (Å²) < 4.78 is 5.30. The Morgan fingerprint density at radius 2 is 2.24 bits per heavy atom. The van der Waals surface area contributed by atoms with E-state index in [9.17, 15) is 4.79 Å². The lowest BCUT2D eigenvalue weighted by atomic mass is 10.2. The number of nitrogens with one attached hydrogen (secondary N) is 2. The first kappa shape index (κ1) is 16.0. The Balaban J connectivity index is 1.92. The minimum atomic E-state index is -0.198. The summed E-state index contributed by atoms with van der Waals surface area (Å²) in [6, 6.07) is 3.10. The summed E-state index contributed by atoms with van der Waals surface area (Å²) in [5, 5.41) is 3.16. The molecule has 1 aliphatic heterocycles. The van der Waals surface area contributed by atoms with E-state index < -0.39 is 0 Å². The lowest BCUT2D eigenvalue weighted by molar-refractivity contribution is 0.0342. The summed E-state index contributed by atoms with van der Waals surface area (Å²) in [5.41, 5.74) is 2.81. The van der Waals surface area contributed by atoms with Crippen LogP contribution in [0.4, 0.5) is 5.82 Å². The Labute approximate surface area is 128 Å². The highest BCUT2D eigenvalue weighted by atomic mass is 35.5. The first-order chi connectivity index (χ1) is 10.1. The molecule has 2 rings (SSSR count). The highest BCUT2D eigenvalue weighted by Gasteiger charge is 2.16. The normalized spacial score (nSPS) is 17.3. The number of amides is 1. The van der Waals surface area contributed by atoms with Crippen LogP contribution in [0.5, 0.6) is 0 Å². The van der Waals surface area contributed by atoms with Crippen molar-refractivity contribution in [1.82, 2.24) is 15.2 Å². The van der Waals surface area contributed by atoms with Crippen LogP contribution in [0.1, 0.15) is 17.3 Å². The Hall–Kier alpha value is -1.41. The van der Waals surface area contributed by atoms with Gasteiger partial charge in [0.25, 0.3) is 5.91 Å². The minimum Gasteiger partial charge on any atom is -0.379 e. The molecule has 0 saturated carbocycles. The van der Waals surface area contributed by atoms with Crippen LogP contribution in [0.2, 0.25) is 5.15 Å². The number of nitrogens with zero attached hydrogens (tertiary/aromatic N) is 2. The molecule has 0 bridgehead atoms. The number of nitrogens with two attached hydrogens (primary N) is 1. The lowest BCUT2D eigenvalue weighted by Gasteiger charge is -2.29. The number of rotatable bonds is 5. The van der Waals surface area contributed by atoms with Gasteiger partial charge in [-0.05, 0) is 19.1 Å². The number of anilines is 1. The highest BCUT2D eigenvalue weighted by molar-refractivity contribution is 6.29. The van der Waals surface area contributed by atoms with E-state index >= 15 is 0 Å². The van der Waals surface area contributed by atoms with Gasteiger partial charge in [-0.1, -0.05) is 11.6 Å². The maximum absolute atomic E-state index is 12.2. The van der Waals surface area contributed by atoms with Gasteiger partial charge in [0.15, 0.2) is 0 Å². The van der Waals surface area contributed by atoms with E-state index in [1.54, 1.807) is 6.07 Å². The fraction of sp³-hybridized carbons (Fsp3) is 0.538. The van der Waals surface area contributed by atoms with Gasteiger partial charge in [-0.3, -0.25) is 9.69 Å². The molecule has 4 N–H and O–H groups in total. The molecular formula is C13H20ClN5O2. The van der Waals surface area contributed by atoms with Gasteiger partial charge in [0, 0.05) is 31.2 Å². The fourth-order valence-corrected chi connectivity index (χ4v) is 2.43. The number of hydrogen-bond acceptors (Lipinski definition) is 6. The van der Waals surface area contributed by atoms with Crippen molar-refractivity contribution in [3.05, 3.63) is 22.8 Å². The molecule has 116 valence electrons. The average molecular weight is 314 g/mol. The van der Waals surface area contributed by atoms with Gasteiger partial charge in [-0.15, -0.1) is 0 Å². The quantitative estimate of drug-likeness (QED) is 0.416. The molecule has 7 nitrogen and oxygen atoms in total. The van der Waals surface area contributed by atoms with Gasteiger partial charge >= 0.3 is 0 Å². The lowest BCUT2D eigenvalue weighted by Crippen LogP contribution is -2.46. The van der Waals surface area contributed by atoms with Crippen molar-refractivity contribution in [2.75, 3.05) is 38.3 Å². The Morgan fingerprint density at radius 1 is 1.52 bits per heavy atom. The molecule has 1 saturated heterocycles. The van der Waals surface area contributed by atoms with Crippen molar-refractivity contribution in [1.29, 1.82) is 0 Å². The van der Waals surface area contributed by atoms with E-state index in [0.717, 1.165) is 32.8 Å². The van der Waals surface area contributed by atoms with Gasteiger partial charge < -0.3 is 15.5 Å². The molecule has 8 heteroatoms. The summed E-state index contributed by atoms with van der Waals surface area (Å²) in [7, 11) is 0. The standard InChI is InChI=1S/C13H20ClN5O2/c1-9(8-19-2-4-21-5-3-19)16-13(20)10-6-11(14)17-12(7-10)18-15/h6-7,9H,2-5,8,15H2,1H3,(H,16,20)(H,17,18). The van der Waals surface area contributed by atoms with E-state index in [1.807, 2.05) is 6.92 Å². The number of carbonyl (C=O) groups is 1. The second-order valence-corrected chi connectivity index (χ2v) is 5.38. The van der Waals surface area contributed by atoms with Crippen molar-refractivity contribution >= 4 is 23.3 Å². The third-order valence-corrected chi connectivity index (χ3v) is 3.41. The number of morpholine rings is 1. The molecule has 1 unspecified atom stereocenters. The molecule has 0 radical (unpaired) electrons. The van der Waals surface area contributed by atoms with Gasteiger partial charge in [-0.25, -0.2) is 10.8 Å². The first-order valence-electron chi connectivity index (χ1n) is 6.83. The molecule has 2 heterocycles. The van der Waals surface area contributed by atoms with Crippen LogP contribution in [0.3, 0.4) is 0 Å². The largest absolute Gasteiger partial charge is 0.379 e. The summed E-state index contributed by atoms with van der Waals surface area (Å²) in [6.45, 7) is 6.03. The molecule has 1 atom stereocenters. The minimum absolute atomic E-state index is 0.0248. The van der Waals surface area contributed by atoms with Gasteiger partial charge in [-0.2, -0.15) is 0 Å². The Morgan fingerprint density at radius 3 is 2.90 bits per heavy atom. The summed E-state index contributed by atoms with van der Waals surface area (Å²) in [4.78, 5) is 18.4. The Bertz CT molecular complexity index is 493. The molecule has 1 aromatic heterocycles. The van der Waals surface area contributed by atoms with Crippen LogP contribution in [0, 0.1) is 0 Å². The van der Waals surface area contributed by atoms with Gasteiger partial charge in [0.1, 0.15) is 11.0 Å². The molecule has 1 aromatic rings. The zero-order valence-electron chi connectivity index (χ0n) is 11.9. The van der Waals surface area contributed by atoms with E-state index in [2.05, 4.69) is 20.6 Å². The Kier molecular flexibility index (Phi) is 5.75. The summed E-state index contributed by atoms with van der Waals surface area (Å²) >= 11 is 5.86. The molecule has 0 spiro atoms. The summed E-state index contributed by atoms with van der Waals surface area (Å²) in [5.74, 6) is 5.45. The number of ether oxygens (including phenoxy) is 1. The van der Waals surface area contributed by atoms with Crippen LogP contribution < -0.4 is 16.6 Å². The average Bonchev–Trinajstić information content (AvgIpc) is 2.47. The van der Waals surface area contributed by atoms with E-state index in [4.69, 9.17) is 22.2 Å². The number of hydrogen-bond donors (Lipinski definition) is 3. The second-order valence-electron chi connectivity index (χ2n) is 5.00. The van der Waals surface area contributed by atoms with Crippen molar-refractivity contribution in [2.24, 2.45) is 5.84 Å². The maximum Gasteiger partial charge on any atom is 0.251 e. The third-order valence-electron chi connectivity index (χ3n) is 3.22. The van der Waals surface area contributed by atoms with Crippen LogP contribution >= 0.6 is 11.6 Å². The molecular weight excluding hydrogens is 294 g/mol. The molecule has 1 amide bonds. The summed E-state index contributed by atoms with van der Waals surface area (Å²) in [6.07, 6.45) is 0. The van der Waals surface area contributed by atoms with Crippen LogP contribution in [0.25, 0.3) is 0 Å². The maximum atomic E-state index is 12.2. The third kappa shape index (κ3) is 4.82. The van der Waals surface area contributed by atoms with E-state index in [0.29, 0.717) is 11.4 Å². The predicted molar refractivity (Wildman–Crippen MR) is 81.2 cm³/mol. The first-order valence-corrected chi connectivity index (χ1v) is 7.21. The van der Waals surface area contributed by atoms with E-state index in [-0.39, 0.29) is 17.1 Å². The van der Waals surface area contributed by atoms with E-state index in [1.165, 1.54) is 6.07 Å². The number of carbonyl (C=O) groups excluding carboxylic acids is 1. The zero-order valence-corrected chi connectivity index (χ0v) is 12.7. The SMILES string of the molecule is CC(CN1CCOCC1)NC(=O)c1cc(Cl)nc(NN)c1. The molecule has 1 aliphatic rings. The smallest absolute Gasteiger partial charge is 0.251 e. The van der Waals surface area contributed by atoms with Gasteiger partial charge in [0.05, 0.1) is 13.2 Å². The topological polar surface area (TPSA) is 92.5 Å². The number of nitrogen functional groups attached to an aromatic ring is 1. The van der Waals surface area contributed by atoms with Crippen molar-refractivity contribution < 1.29 is 9.53 Å². The number of aromatic nitrogens is 1. The van der Waals surface area contributed by atoms with Crippen molar-refractivity contribution in [3.63, 3.8) is 0 Å². The molecule has 21 heavy (non-hydrogen) atoms. The predicted octanol–water partition coefficient (Wildman–Crippen LogP) is 0.471. The molecule has 0 aromatic carbocycles. The van der Waals surface area contributed by atoms with Crippen LogP contribution in [-0.2, 0) is 4.74 Å². The van der Waals surface area contributed by atoms with Crippen LogP contribution in [-0.4, -0.2) is 54.7 Å². The monoisotopic (exact) mass is 313 g/mol. The van der Waals surface area contributed by atoms with Crippen LogP contribution in [0.15, 0.2) is 12.1 Å². The van der Waals surface area contributed by atoms with Gasteiger partial charge in [0.2, 0.25) is 0 Å². The molecule has 0 aliphatic carbocycles. The fourth-order valence-electron chi connectivity index (χ4n) is 2.23. The molecule has 1 fully saturated rings. The van der Waals surface area contributed by atoms with Crippen molar-refractivity contribution in [3.8, 4) is 0 Å². The number of halogens is 1.